The van der Waals surface area contributed by atoms with Crippen LogP contribution in [0.5, 0.6) is 5.75 Å². The number of amides is 3. The van der Waals surface area contributed by atoms with E-state index in [1.54, 1.807) is 45.9 Å². The Morgan fingerprint density at radius 1 is 1.00 bits per heavy atom. The SMILES string of the molecule is Cc1cccc(C(C(=O)NCc2ccccc2)N(C(=O)C(CS)NC(=O)OC(C)(C)C)C(C)CCC(C)C)c1O. The van der Waals surface area contributed by atoms with Crippen molar-refractivity contribution in [2.45, 2.75) is 91.6 Å². The summed E-state index contributed by atoms with van der Waals surface area (Å²) in [5.74, 6) is -0.622. The van der Waals surface area contributed by atoms with Gasteiger partial charge < -0.3 is 25.4 Å². The Morgan fingerprint density at radius 2 is 1.65 bits per heavy atom. The van der Waals surface area contributed by atoms with Gasteiger partial charge in [0.1, 0.15) is 23.4 Å². The number of carbonyl (C=O) groups excluding carboxylic acids is 3. The van der Waals surface area contributed by atoms with Gasteiger partial charge in [-0.25, -0.2) is 4.79 Å². The molecule has 0 aliphatic heterocycles. The molecule has 0 saturated heterocycles. The summed E-state index contributed by atoms with van der Waals surface area (Å²) in [7, 11) is 0. The lowest BCUT2D eigenvalue weighted by Crippen LogP contribution is -2.56. The molecule has 3 amide bonds. The van der Waals surface area contributed by atoms with Crippen molar-refractivity contribution in [3.63, 3.8) is 0 Å². The van der Waals surface area contributed by atoms with Crippen molar-refractivity contribution >= 4 is 30.5 Å². The van der Waals surface area contributed by atoms with Crippen molar-refractivity contribution in [3.8, 4) is 5.75 Å². The number of aryl methyl sites for hydroxylation is 1. The highest BCUT2D eigenvalue weighted by molar-refractivity contribution is 7.80. The minimum atomic E-state index is -1.15. The highest BCUT2D eigenvalue weighted by Gasteiger charge is 2.39. The zero-order chi connectivity index (χ0) is 30.0. The van der Waals surface area contributed by atoms with Crippen molar-refractivity contribution in [3.05, 3.63) is 65.2 Å². The van der Waals surface area contributed by atoms with Gasteiger partial charge in [-0.2, -0.15) is 12.6 Å². The number of phenols is 1. The summed E-state index contributed by atoms with van der Waals surface area (Å²) >= 11 is 4.35. The number of rotatable bonds is 12. The quantitative estimate of drug-likeness (QED) is 0.251. The Bertz CT molecular complexity index is 1130. The molecule has 0 heterocycles. The van der Waals surface area contributed by atoms with Crippen LogP contribution in [0.1, 0.15) is 77.1 Å². The van der Waals surface area contributed by atoms with Crippen molar-refractivity contribution in [2.24, 2.45) is 5.92 Å². The minimum absolute atomic E-state index is 0.0103. The number of nitrogens with zero attached hydrogens (tertiary/aromatic N) is 1. The predicted octanol–water partition coefficient (Wildman–Crippen LogP) is 5.53. The molecule has 220 valence electrons. The number of aromatic hydroxyl groups is 1. The summed E-state index contributed by atoms with van der Waals surface area (Å²) in [6.45, 7) is 13.3. The van der Waals surface area contributed by atoms with Gasteiger partial charge in [-0.1, -0.05) is 62.4 Å². The Labute approximate surface area is 244 Å². The fraction of sp³-hybridized carbons (Fsp3) is 0.516. The van der Waals surface area contributed by atoms with E-state index in [4.69, 9.17) is 4.74 Å². The van der Waals surface area contributed by atoms with Crippen LogP contribution >= 0.6 is 12.6 Å². The maximum Gasteiger partial charge on any atom is 0.408 e. The second-order valence-corrected chi connectivity index (χ2v) is 11.9. The predicted molar refractivity (Wildman–Crippen MR) is 161 cm³/mol. The molecule has 9 heteroatoms. The maximum atomic E-state index is 14.2. The third kappa shape index (κ3) is 9.77. The molecule has 2 aromatic rings. The van der Waals surface area contributed by atoms with Crippen LogP contribution in [-0.4, -0.2) is 51.4 Å². The number of thiol groups is 1. The first-order valence-corrected chi connectivity index (χ1v) is 14.4. The Balaban J connectivity index is 2.56. The van der Waals surface area contributed by atoms with Crippen molar-refractivity contribution < 1.29 is 24.2 Å². The zero-order valence-electron chi connectivity index (χ0n) is 24.7. The van der Waals surface area contributed by atoms with E-state index in [-0.39, 0.29) is 18.0 Å². The summed E-state index contributed by atoms with van der Waals surface area (Å²) in [5.41, 5.74) is 1.03. The maximum absolute atomic E-state index is 14.2. The van der Waals surface area contributed by atoms with E-state index in [1.165, 1.54) is 4.90 Å². The number of ether oxygens (including phenoxy) is 1. The van der Waals surface area contributed by atoms with E-state index in [9.17, 15) is 19.5 Å². The van der Waals surface area contributed by atoms with Crippen LogP contribution in [-0.2, 0) is 20.9 Å². The van der Waals surface area contributed by atoms with Gasteiger partial charge in [0.15, 0.2) is 0 Å². The van der Waals surface area contributed by atoms with Gasteiger partial charge in [-0.3, -0.25) is 9.59 Å². The molecule has 0 aromatic heterocycles. The smallest absolute Gasteiger partial charge is 0.408 e. The molecule has 3 unspecified atom stereocenters. The van der Waals surface area contributed by atoms with Gasteiger partial charge in [0.05, 0.1) is 0 Å². The highest BCUT2D eigenvalue weighted by Crippen LogP contribution is 2.34. The number of carbonyl (C=O) groups is 3. The third-order valence-electron chi connectivity index (χ3n) is 6.46. The molecule has 0 aliphatic rings. The molecule has 3 atom stereocenters. The molecule has 0 aliphatic carbocycles. The third-order valence-corrected chi connectivity index (χ3v) is 6.83. The molecule has 0 saturated carbocycles. The van der Waals surface area contributed by atoms with Gasteiger partial charge in [0.2, 0.25) is 11.8 Å². The van der Waals surface area contributed by atoms with Crippen LogP contribution in [0.3, 0.4) is 0 Å². The lowest BCUT2D eigenvalue weighted by molar-refractivity contribution is -0.144. The van der Waals surface area contributed by atoms with Crippen LogP contribution in [0.15, 0.2) is 48.5 Å². The molecule has 3 N–H and O–H groups in total. The van der Waals surface area contributed by atoms with E-state index in [0.717, 1.165) is 12.0 Å². The zero-order valence-corrected chi connectivity index (χ0v) is 25.6. The van der Waals surface area contributed by atoms with E-state index >= 15 is 0 Å². The van der Waals surface area contributed by atoms with Crippen molar-refractivity contribution in [1.82, 2.24) is 15.5 Å². The number of para-hydroxylation sites is 1. The fourth-order valence-electron chi connectivity index (χ4n) is 4.33. The largest absolute Gasteiger partial charge is 0.507 e. The van der Waals surface area contributed by atoms with Crippen LogP contribution in [0.4, 0.5) is 4.79 Å². The molecule has 8 nitrogen and oxygen atoms in total. The van der Waals surface area contributed by atoms with E-state index in [0.29, 0.717) is 23.5 Å². The van der Waals surface area contributed by atoms with E-state index < -0.39 is 41.6 Å². The van der Waals surface area contributed by atoms with Gasteiger partial charge in [-0.05, 0) is 64.5 Å². The van der Waals surface area contributed by atoms with Gasteiger partial charge in [-0.15, -0.1) is 0 Å². The Kier molecular flexibility index (Phi) is 12.4. The molecule has 2 rings (SSSR count). The Morgan fingerprint density at radius 3 is 2.23 bits per heavy atom. The van der Waals surface area contributed by atoms with Crippen molar-refractivity contribution in [2.75, 3.05) is 5.75 Å². The molecular weight excluding hydrogens is 526 g/mol. The summed E-state index contributed by atoms with van der Waals surface area (Å²) in [5, 5.41) is 16.7. The van der Waals surface area contributed by atoms with Gasteiger partial charge in [0.25, 0.3) is 0 Å². The molecule has 0 radical (unpaired) electrons. The number of hydrogen-bond donors (Lipinski definition) is 4. The van der Waals surface area contributed by atoms with Gasteiger partial charge >= 0.3 is 6.09 Å². The molecule has 0 fully saturated rings. The number of alkyl carbamates (subject to hydrolysis) is 1. The first kappa shape index (κ1) is 33.0. The van der Waals surface area contributed by atoms with E-state index in [2.05, 4.69) is 37.1 Å². The molecule has 0 bridgehead atoms. The monoisotopic (exact) mass is 571 g/mol. The average Bonchev–Trinajstić information content (AvgIpc) is 2.88. The first-order chi connectivity index (χ1) is 18.7. The Hall–Kier alpha value is -3.20. The average molecular weight is 572 g/mol. The van der Waals surface area contributed by atoms with Crippen LogP contribution in [0.25, 0.3) is 0 Å². The lowest BCUT2D eigenvalue weighted by atomic mass is 9.95. The van der Waals surface area contributed by atoms with Crippen LogP contribution < -0.4 is 10.6 Å². The standard InChI is InChI=1S/C31H45N3O5S/c1-20(2)16-17-22(4)34(29(37)25(19-40)33-30(38)39-31(5,6)7)26(24-15-11-12-21(3)27(24)35)28(36)32-18-23-13-9-8-10-14-23/h8-15,20,22,25-26,35,40H,16-19H2,1-7H3,(H,32,36)(H,33,38). The molecule has 2 aromatic carbocycles. The molecule has 40 heavy (non-hydrogen) atoms. The van der Waals surface area contributed by atoms with Crippen molar-refractivity contribution in [1.29, 1.82) is 0 Å². The second-order valence-electron chi connectivity index (χ2n) is 11.6. The number of hydrogen-bond acceptors (Lipinski definition) is 6. The number of nitrogens with one attached hydrogen (secondary N) is 2. The number of phenolic OH excluding ortho intramolecular Hbond substituents is 1. The summed E-state index contributed by atoms with van der Waals surface area (Å²) in [6, 6.07) is 12.0. The minimum Gasteiger partial charge on any atom is -0.507 e. The lowest BCUT2D eigenvalue weighted by Gasteiger charge is -2.39. The topological polar surface area (TPSA) is 108 Å². The second kappa shape index (κ2) is 15.0. The first-order valence-electron chi connectivity index (χ1n) is 13.8. The molecule has 0 spiro atoms. The highest BCUT2D eigenvalue weighted by atomic mass is 32.1. The normalized spacial score (nSPS) is 13.7. The van der Waals surface area contributed by atoms with Crippen LogP contribution in [0, 0.1) is 12.8 Å². The number of benzene rings is 2. The van der Waals surface area contributed by atoms with E-state index in [1.807, 2.05) is 37.3 Å². The van der Waals surface area contributed by atoms with Gasteiger partial charge in [0, 0.05) is 23.9 Å². The summed E-state index contributed by atoms with van der Waals surface area (Å²) in [6.07, 6.45) is 0.677. The van der Waals surface area contributed by atoms with Crippen LogP contribution in [0.2, 0.25) is 0 Å². The molecular formula is C31H45N3O5S. The fourth-order valence-corrected chi connectivity index (χ4v) is 4.58. The summed E-state index contributed by atoms with van der Waals surface area (Å²) in [4.78, 5) is 42.2. The summed E-state index contributed by atoms with van der Waals surface area (Å²) < 4.78 is 5.38.